The highest BCUT2D eigenvalue weighted by molar-refractivity contribution is 7.91. The van der Waals surface area contributed by atoms with Crippen molar-refractivity contribution < 1.29 is 23.1 Å². The standard InChI is InChI=1S/C23H25Cl3N4O5S/c1-5-36(33,34)15-8-6-13(7-9-15)17(12-31)28-20(32)19-18(26)22(30(29-19)23(2,3)4)35-21-16(25)10-14(24)11-27-21/h6-11,17,31H,5,12H2,1-4H3,(H,28,32). The second-order valence-electron chi connectivity index (χ2n) is 8.77. The number of pyridine rings is 1. The Hall–Kier alpha value is -2.37. The Balaban J connectivity index is 1.93. The van der Waals surface area contributed by atoms with Gasteiger partial charge in [0, 0.05) is 6.20 Å². The molecule has 1 amide bonds. The zero-order chi connectivity index (χ0) is 26.8. The lowest BCUT2D eigenvalue weighted by atomic mass is 10.1. The Morgan fingerprint density at radius 2 is 1.83 bits per heavy atom. The van der Waals surface area contributed by atoms with Crippen LogP contribution in [-0.2, 0) is 15.4 Å². The molecule has 0 saturated heterocycles. The molecule has 2 N–H and O–H groups in total. The Kier molecular flexibility index (Phi) is 8.57. The number of carbonyl (C=O) groups is 1. The third-order valence-corrected chi connectivity index (χ3v) is 7.68. The first-order valence-electron chi connectivity index (χ1n) is 10.8. The Morgan fingerprint density at radius 1 is 1.19 bits per heavy atom. The van der Waals surface area contributed by atoms with Gasteiger partial charge in [-0.05, 0) is 44.5 Å². The number of hydrogen-bond acceptors (Lipinski definition) is 7. The van der Waals surface area contributed by atoms with E-state index in [1.165, 1.54) is 41.2 Å². The SMILES string of the molecule is CCS(=O)(=O)c1ccc(C(CO)NC(=O)c2nn(C(C)(C)C)c(Oc3ncc(Cl)cc3Cl)c2Cl)cc1. The Bertz CT molecular complexity index is 1370. The van der Waals surface area contributed by atoms with Crippen LogP contribution >= 0.6 is 34.8 Å². The summed E-state index contributed by atoms with van der Waals surface area (Å²) >= 11 is 18.6. The number of rotatable bonds is 8. The first-order valence-corrected chi connectivity index (χ1v) is 13.6. The number of nitrogens with zero attached hydrogens (tertiary/aromatic N) is 3. The molecule has 194 valence electrons. The van der Waals surface area contributed by atoms with Crippen LogP contribution in [0, 0.1) is 0 Å². The molecule has 0 spiro atoms. The number of benzene rings is 1. The largest absolute Gasteiger partial charge is 0.418 e. The van der Waals surface area contributed by atoms with Gasteiger partial charge in [0.05, 0.1) is 33.9 Å². The smallest absolute Gasteiger partial charge is 0.274 e. The molecule has 3 rings (SSSR count). The monoisotopic (exact) mass is 574 g/mol. The molecule has 2 aromatic heterocycles. The number of aliphatic hydroxyl groups excluding tert-OH is 1. The molecule has 1 unspecified atom stereocenters. The maximum Gasteiger partial charge on any atom is 0.274 e. The highest BCUT2D eigenvalue weighted by atomic mass is 35.5. The maximum atomic E-state index is 13.1. The van der Waals surface area contributed by atoms with Gasteiger partial charge in [-0.3, -0.25) is 4.79 Å². The second kappa shape index (κ2) is 10.9. The van der Waals surface area contributed by atoms with E-state index >= 15 is 0 Å². The topological polar surface area (TPSA) is 123 Å². The van der Waals surface area contributed by atoms with Crippen LogP contribution < -0.4 is 10.1 Å². The summed E-state index contributed by atoms with van der Waals surface area (Å²) < 4.78 is 31.4. The minimum Gasteiger partial charge on any atom is -0.418 e. The van der Waals surface area contributed by atoms with E-state index in [1.807, 2.05) is 20.8 Å². The molecule has 13 heteroatoms. The summed E-state index contributed by atoms with van der Waals surface area (Å²) in [5.41, 5.74) is -0.288. The predicted molar refractivity (Wildman–Crippen MR) is 138 cm³/mol. The van der Waals surface area contributed by atoms with Crippen molar-refractivity contribution in [3.8, 4) is 11.8 Å². The van der Waals surface area contributed by atoms with E-state index in [0.29, 0.717) is 10.6 Å². The van der Waals surface area contributed by atoms with Crippen molar-refractivity contribution >= 4 is 50.5 Å². The van der Waals surface area contributed by atoms with Crippen LogP contribution in [0.2, 0.25) is 15.1 Å². The number of aliphatic hydroxyl groups is 1. The van der Waals surface area contributed by atoms with Crippen LogP contribution in [0.5, 0.6) is 11.8 Å². The molecule has 0 aliphatic carbocycles. The average molecular weight is 576 g/mol. The summed E-state index contributed by atoms with van der Waals surface area (Å²) in [4.78, 5) is 17.4. The first kappa shape index (κ1) is 28.2. The van der Waals surface area contributed by atoms with Gasteiger partial charge in [0.1, 0.15) is 10.0 Å². The molecule has 0 saturated carbocycles. The normalized spacial score (nSPS) is 12.9. The summed E-state index contributed by atoms with van der Waals surface area (Å²) in [7, 11) is -3.38. The van der Waals surface area contributed by atoms with E-state index in [9.17, 15) is 18.3 Å². The van der Waals surface area contributed by atoms with Gasteiger partial charge >= 0.3 is 0 Å². The molecule has 0 aliphatic rings. The summed E-state index contributed by atoms with van der Waals surface area (Å²) in [6, 6.07) is 6.53. The van der Waals surface area contributed by atoms with Crippen molar-refractivity contribution in [1.82, 2.24) is 20.1 Å². The number of nitrogens with one attached hydrogen (secondary N) is 1. The van der Waals surface area contributed by atoms with Crippen LogP contribution in [0.15, 0.2) is 41.4 Å². The molecular weight excluding hydrogens is 551 g/mol. The molecule has 9 nitrogen and oxygen atoms in total. The van der Waals surface area contributed by atoms with Crippen LogP contribution in [0.4, 0.5) is 0 Å². The minimum absolute atomic E-state index is 0.0238. The third kappa shape index (κ3) is 6.12. The first-order chi connectivity index (χ1) is 16.8. The molecule has 2 heterocycles. The summed E-state index contributed by atoms with van der Waals surface area (Å²) in [5, 5.41) is 17.3. The molecule has 0 fully saturated rings. The van der Waals surface area contributed by atoms with E-state index in [4.69, 9.17) is 39.5 Å². The Morgan fingerprint density at radius 3 is 2.36 bits per heavy atom. The molecule has 36 heavy (non-hydrogen) atoms. The van der Waals surface area contributed by atoms with Crippen LogP contribution in [-0.4, -0.2) is 46.6 Å². The van der Waals surface area contributed by atoms with Gasteiger partial charge in [0.2, 0.25) is 11.8 Å². The van der Waals surface area contributed by atoms with Crippen molar-refractivity contribution in [3.05, 3.63) is 62.9 Å². The highest BCUT2D eigenvalue weighted by Crippen LogP contribution is 2.38. The number of amides is 1. The fourth-order valence-corrected chi connectivity index (χ4v) is 4.72. The maximum absolute atomic E-state index is 13.1. The average Bonchev–Trinajstić information content (AvgIpc) is 3.15. The number of sulfone groups is 1. The lowest BCUT2D eigenvalue weighted by molar-refractivity contribution is 0.0909. The minimum atomic E-state index is -3.38. The molecule has 0 radical (unpaired) electrons. The van der Waals surface area contributed by atoms with Gasteiger partial charge in [-0.1, -0.05) is 53.9 Å². The number of halogens is 3. The quantitative estimate of drug-likeness (QED) is 0.385. The molecule has 1 atom stereocenters. The fourth-order valence-electron chi connectivity index (χ4n) is 3.18. The van der Waals surface area contributed by atoms with Crippen LogP contribution in [0.1, 0.15) is 49.8 Å². The lowest BCUT2D eigenvalue weighted by Crippen LogP contribution is -2.32. The van der Waals surface area contributed by atoms with Gasteiger partial charge < -0.3 is 15.2 Å². The van der Waals surface area contributed by atoms with Crippen LogP contribution in [0.3, 0.4) is 0 Å². The summed E-state index contributed by atoms with van der Waals surface area (Å²) in [6.45, 7) is 6.62. The summed E-state index contributed by atoms with van der Waals surface area (Å²) in [6.07, 6.45) is 1.35. The number of ether oxygens (including phenoxy) is 1. The van der Waals surface area contributed by atoms with Gasteiger partial charge in [-0.15, -0.1) is 0 Å². The molecule has 3 aromatic rings. The van der Waals surface area contributed by atoms with Gasteiger partial charge in [-0.25, -0.2) is 18.1 Å². The van der Waals surface area contributed by atoms with Crippen molar-refractivity contribution in [3.63, 3.8) is 0 Å². The highest BCUT2D eigenvalue weighted by Gasteiger charge is 2.31. The van der Waals surface area contributed by atoms with E-state index in [1.54, 1.807) is 6.92 Å². The lowest BCUT2D eigenvalue weighted by Gasteiger charge is -2.22. The second-order valence-corrected chi connectivity index (χ2v) is 12.3. The van der Waals surface area contributed by atoms with Gasteiger partial charge in [0.25, 0.3) is 5.91 Å². The van der Waals surface area contributed by atoms with Crippen LogP contribution in [0.25, 0.3) is 0 Å². The number of aromatic nitrogens is 3. The van der Waals surface area contributed by atoms with Crippen molar-refractivity contribution in [1.29, 1.82) is 0 Å². The van der Waals surface area contributed by atoms with E-state index in [2.05, 4.69) is 15.4 Å². The third-order valence-electron chi connectivity index (χ3n) is 5.12. The zero-order valence-electron chi connectivity index (χ0n) is 19.9. The predicted octanol–water partition coefficient (Wildman–Crippen LogP) is 5.04. The molecule has 0 aliphatic heterocycles. The van der Waals surface area contributed by atoms with E-state index in [0.717, 1.165) is 0 Å². The van der Waals surface area contributed by atoms with E-state index in [-0.39, 0.29) is 38.1 Å². The molecular formula is C23H25Cl3N4O5S. The van der Waals surface area contributed by atoms with Crippen molar-refractivity contribution in [2.75, 3.05) is 12.4 Å². The molecule has 0 bridgehead atoms. The number of hydrogen-bond donors (Lipinski definition) is 2. The summed E-state index contributed by atoms with van der Waals surface area (Å²) in [5.74, 6) is -0.647. The Labute approximate surface area is 224 Å². The number of carbonyl (C=O) groups excluding carboxylic acids is 1. The van der Waals surface area contributed by atoms with Gasteiger partial charge in [0.15, 0.2) is 15.5 Å². The molecule has 1 aromatic carbocycles. The van der Waals surface area contributed by atoms with Crippen molar-refractivity contribution in [2.45, 2.75) is 44.2 Å². The fraction of sp³-hybridized carbons (Fsp3) is 0.348. The van der Waals surface area contributed by atoms with Gasteiger partial charge in [-0.2, -0.15) is 5.10 Å². The van der Waals surface area contributed by atoms with E-state index < -0.39 is 33.9 Å². The van der Waals surface area contributed by atoms with Crippen molar-refractivity contribution in [2.24, 2.45) is 0 Å². The zero-order valence-corrected chi connectivity index (χ0v) is 23.0.